The number of nitrogens with one attached hydrogen (secondary N) is 2. The van der Waals surface area contributed by atoms with E-state index in [1.165, 1.54) is 0 Å². The maximum Gasteiger partial charge on any atom is 0.226 e. The number of carbonyl (C=O) groups is 1. The molecule has 1 aromatic heterocycles. The summed E-state index contributed by atoms with van der Waals surface area (Å²) in [7, 11) is 0. The lowest BCUT2D eigenvalue weighted by Gasteiger charge is -2.07. The Balaban J connectivity index is 1.94. The van der Waals surface area contributed by atoms with Crippen molar-refractivity contribution in [2.24, 2.45) is 5.92 Å². The quantitative estimate of drug-likeness (QED) is 0.731. The first-order valence-electron chi connectivity index (χ1n) is 7.12. The van der Waals surface area contributed by atoms with E-state index >= 15 is 0 Å². The normalized spacial score (nSPS) is 11.0. The maximum atomic E-state index is 11.8. The molecule has 21 heavy (non-hydrogen) atoms. The molecule has 3 heteroatoms. The molecule has 0 spiro atoms. The molecule has 0 saturated carbocycles. The van der Waals surface area contributed by atoms with E-state index in [1.807, 2.05) is 50.2 Å². The average molecular weight is 278 g/mol. The van der Waals surface area contributed by atoms with Crippen LogP contribution in [0.15, 0.2) is 54.6 Å². The molecule has 1 heterocycles. The third-order valence-electron chi connectivity index (χ3n) is 3.50. The van der Waals surface area contributed by atoms with Crippen molar-refractivity contribution in [1.29, 1.82) is 0 Å². The highest BCUT2D eigenvalue weighted by atomic mass is 16.1. The van der Waals surface area contributed by atoms with Crippen LogP contribution in [0.2, 0.25) is 0 Å². The van der Waals surface area contributed by atoms with E-state index in [0.29, 0.717) is 0 Å². The minimum absolute atomic E-state index is 0.0239. The number of aromatic nitrogens is 1. The molecule has 2 aromatic carbocycles. The molecule has 3 nitrogen and oxygen atoms in total. The van der Waals surface area contributed by atoms with Gasteiger partial charge in [0.1, 0.15) is 0 Å². The van der Waals surface area contributed by atoms with Crippen LogP contribution in [0.1, 0.15) is 13.8 Å². The Labute approximate surface area is 124 Å². The molecular weight excluding hydrogens is 260 g/mol. The van der Waals surface area contributed by atoms with E-state index in [9.17, 15) is 4.79 Å². The Hall–Kier alpha value is -2.55. The van der Waals surface area contributed by atoms with Crippen LogP contribution in [0.25, 0.3) is 22.2 Å². The molecule has 2 N–H and O–H groups in total. The van der Waals surface area contributed by atoms with Crippen molar-refractivity contribution in [3.8, 4) is 11.3 Å². The topological polar surface area (TPSA) is 44.9 Å². The van der Waals surface area contributed by atoms with Gasteiger partial charge in [-0.15, -0.1) is 0 Å². The molecule has 0 fully saturated rings. The summed E-state index contributed by atoms with van der Waals surface area (Å²) in [6.07, 6.45) is 0. The Kier molecular flexibility index (Phi) is 3.48. The zero-order valence-corrected chi connectivity index (χ0v) is 12.2. The predicted octanol–water partition coefficient (Wildman–Crippen LogP) is 4.43. The molecule has 0 atom stereocenters. The number of anilines is 1. The summed E-state index contributed by atoms with van der Waals surface area (Å²) >= 11 is 0. The van der Waals surface area contributed by atoms with Crippen LogP contribution in [0.5, 0.6) is 0 Å². The summed E-state index contributed by atoms with van der Waals surface area (Å²) in [5.41, 5.74) is 4.08. The highest BCUT2D eigenvalue weighted by molar-refractivity contribution is 5.95. The zero-order chi connectivity index (χ0) is 14.8. The third-order valence-corrected chi connectivity index (χ3v) is 3.50. The van der Waals surface area contributed by atoms with Gasteiger partial charge in [-0.1, -0.05) is 50.2 Å². The Bertz CT molecular complexity index is 772. The SMILES string of the molecule is CC(C)C(=O)Nc1ccc2cc(-c3ccccc3)[nH]c2c1. The number of rotatable bonds is 3. The first-order chi connectivity index (χ1) is 10.1. The van der Waals surface area contributed by atoms with Gasteiger partial charge in [0, 0.05) is 28.2 Å². The second kappa shape index (κ2) is 5.44. The fourth-order valence-electron chi connectivity index (χ4n) is 2.26. The summed E-state index contributed by atoms with van der Waals surface area (Å²) in [6, 6.07) is 18.3. The Morgan fingerprint density at radius 3 is 2.52 bits per heavy atom. The monoisotopic (exact) mass is 278 g/mol. The molecule has 0 radical (unpaired) electrons. The first kappa shape index (κ1) is 13.4. The van der Waals surface area contributed by atoms with E-state index in [0.717, 1.165) is 27.8 Å². The highest BCUT2D eigenvalue weighted by Gasteiger charge is 2.08. The maximum absolute atomic E-state index is 11.8. The standard InChI is InChI=1S/C18H18N2O/c1-12(2)18(21)19-15-9-8-14-10-16(20-17(14)11-15)13-6-4-3-5-7-13/h3-12,20H,1-2H3,(H,19,21). The summed E-state index contributed by atoms with van der Waals surface area (Å²) in [6.45, 7) is 3.77. The Morgan fingerprint density at radius 2 is 1.81 bits per heavy atom. The molecule has 106 valence electrons. The Morgan fingerprint density at radius 1 is 1.05 bits per heavy atom. The summed E-state index contributed by atoms with van der Waals surface area (Å²) in [5.74, 6) is 0.00778. The largest absolute Gasteiger partial charge is 0.354 e. The molecule has 0 aliphatic rings. The van der Waals surface area contributed by atoms with Gasteiger partial charge >= 0.3 is 0 Å². The van der Waals surface area contributed by atoms with Crippen molar-refractivity contribution < 1.29 is 4.79 Å². The number of hydrogen-bond donors (Lipinski definition) is 2. The molecular formula is C18H18N2O. The van der Waals surface area contributed by atoms with Crippen LogP contribution in [-0.2, 0) is 4.79 Å². The van der Waals surface area contributed by atoms with Gasteiger partial charge in [0.25, 0.3) is 0 Å². The van der Waals surface area contributed by atoms with E-state index in [1.54, 1.807) is 0 Å². The van der Waals surface area contributed by atoms with Gasteiger partial charge in [0.15, 0.2) is 0 Å². The summed E-state index contributed by atoms with van der Waals surface area (Å²) < 4.78 is 0. The van der Waals surface area contributed by atoms with Gasteiger partial charge in [0.2, 0.25) is 5.91 Å². The first-order valence-corrected chi connectivity index (χ1v) is 7.12. The van der Waals surface area contributed by atoms with E-state index in [-0.39, 0.29) is 11.8 Å². The second-order valence-corrected chi connectivity index (χ2v) is 5.50. The molecule has 0 saturated heterocycles. The molecule has 3 aromatic rings. The smallest absolute Gasteiger partial charge is 0.226 e. The van der Waals surface area contributed by atoms with Crippen molar-refractivity contribution in [2.75, 3.05) is 5.32 Å². The van der Waals surface area contributed by atoms with Crippen LogP contribution >= 0.6 is 0 Å². The van der Waals surface area contributed by atoms with Gasteiger partial charge in [-0.3, -0.25) is 4.79 Å². The zero-order valence-electron chi connectivity index (χ0n) is 12.2. The van der Waals surface area contributed by atoms with Gasteiger partial charge in [-0.25, -0.2) is 0 Å². The number of H-pyrrole nitrogens is 1. The fraction of sp³-hybridized carbons (Fsp3) is 0.167. The second-order valence-electron chi connectivity index (χ2n) is 5.50. The number of benzene rings is 2. The molecule has 1 amide bonds. The average Bonchev–Trinajstić information content (AvgIpc) is 2.91. The highest BCUT2D eigenvalue weighted by Crippen LogP contribution is 2.26. The molecule has 0 bridgehead atoms. The van der Waals surface area contributed by atoms with Gasteiger partial charge in [-0.05, 0) is 23.8 Å². The lowest BCUT2D eigenvalue weighted by molar-refractivity contribution is -0.118. The number of aromatic amines is 1. The van der Waals surface area contributed by atoms with Gasteiger partial charge in [0.05, 0.1) is 0 Å². The predicted molar refractivity (Wildman–Crippen MR) is 87.2 cm³/mol. The molecule has 0 aliphatic carbocycles. The van der Waals surface area contributed by atoms with Crippen molar-refractivity contribution in [1.82, 2.24) is 4.98 Å². The van der Waals surface area contributed by atoms with Crippen LogP contribution in [0, 0.1) is 5.92 Å². The number of amides is 1. The van der Waals surface area contributed by atoms with Crippen molar-refractivity contribution in [3.63, 3.8) is 0 Å². The molecule has 0 aliphatic heterocycles. The number of carbonyl (C=O) groups excluding carboxylic acids is 1. The lowest BCUT2D eigenvalue weighted by Crippen LogP contribution is -2.17. The van der Waals surface area contributed by atoms with Crippen LogP contribution in [-0.4, -0.2) is 10.9 Å². The van der Waals surface area contributed by atoms with E-state index < -0.39 is 0 Å². The molecule has 3 rings (SSSR count). The van der Waals surface area contributed by atoms with E-state index in [4.69, 9.17) is 0 Å². The van der Waals surface area contributed by atoms with E-state index in [2.05, 4.69) is 28.5 Å². The van der Waals surface area contributed by atoms with Gasteiger partial charge in [-0.2, -0.15) is 0 Å². The summed E-state index contributed by atoms with van der Waals surface area (Å²) in [4.78, 5) is 15.2. The minimum atomic E-state index is -0.0239. The lowest BCUT2D eigenvalue weighted by atomic mass is 10.1. The van der Waals surface area contributed by atoms with Crippen LogP contribution in [0.4, 0.5) is 5.69 Å². The number of hydrogen-bond acceptors (Lipinski definition) is 1. The number of fused-ring (bicyclic) bond motifs is 1. The van der Waals surface area contributed by atoms with Crippen molar-refractivity contribution in [2.45, 2.75) is 13.8 Å². The fourth-order valence-corrected chi connectivity index (χ4v) is 2.26. The third kappa shape index (κ3) is 2.82. The summed E-state index contributed by atoms with van der Waals surface area (Å²) in [5, 5.41) is 4.06. The van der Waals surface area contributed by atoms with Crippen molar-refractivity contribution in [3.05, 3.63) is 54.6 Å². The van der Waals surface area contributed by atoms with Crippen molar-refractivity contribution >= 4 is 22.5 Å². The van der Waals surface area contributed by atoms with Gasteiger partial charge < -0.3 is 10.3 Å². The molecule has 0 unspecified atom stereocenters. The minimum Gasteiger partial charge on any atom is -0.354 e. The van der Waals surface area contributed by atoms with Crippen LogP contribution < -0.4 is 5.32 Å². The van der Waals surface area contributed by atoms with Crippen LogP contribution in [0.3, 0.4) is 0 Å².